The largest absolute Gasteiger partial charge is 0.390 e. The molecule has 162 valence electrons. The van der Waals surface area contributed by atoms with Crippen LogP contribution in [0.3, 0.4) is 0 Å². The standard InChI is InChI=1S/C20H21Cl2FN2O4S/c1-20(27)8-6-12(7-9-20)25-30(28,29)14-3-4-16(21)15(11-14)19(26)24-13-2-5-18(23)17(22)10-13/h2-5,10-12,25,27H,6-9H2,1H3,(H,24,26). The van der Waals surface area contributed by atoms with Gasteiger partial charge in [-0.2, -0.15) is 0 Å². The third-order valence-electron chi connectivity index (χ3n) is 5.05. The monoisotopic (exact) mass is 474 g/mol. The van der Waals surface area contributed by atoms with Crippen molar-refractivity contribution in [3.8, 4) is 0 Å². The first-order valence-corrected chi connectivity index (χ1v) is 11.5. The van der Waals surface area contributed by atoms with Crippen LogP contribution in [0.1, 0.15) is 43.0 Å². The summed E-state index contributed by atoms with van der Waals surface area (Å²) >= 11 is 11.8. The van der Waals surface area contributed by atoms with Gasteiger partial charge in [0.05, 0.1) is 26.1 Å². The molecular formula is C20H21Cl2FN2O4S. The summed E-state index contributed by atoms with van der Waals surface area (Å²) in [6.07, 6.45) is 2.01. The van der Waals surface area contributed by atoms with E-state index in [2.05, 4.69) is 10.0 Å². The number of halogens is 3. The molecule has 2 aromatic carbocycles. The molecule has 30 heavy (non-hydrogen) atoms. The van der Waals surface area contributed by atoms with E-state index in [1.807, 2.05) is 0 Å². The number of anilines is 1. The lowest BCUT2D eigenvalue weighted by atomic mass is 9.84. The first kappa shape index (κ1) is 23.0. The fraction of sp³-hybridized carbons (Fsp3) is 0.350. The minimum atomic E-state index is -3.90. The van der Waals surface area contributed by atoms with Crippen molar-refractivity contribution in [2.75, 3.05) is 5.32 Å². The van der Waals surface area contributed by atoms with Gasteiger partial charge in [0.2, 0.25) is 10.0 Å². The van der Waals surface area contributed by atoms with Crippen LogP contribution in [0.25, 0.3) is 0 Å². The second-order valence-corrected chi connectivity index (χ2v) is 10.1. The summed E-state index contributed by atoms with van der Waals surface area (Å²) < 4.78 is 41.5. The van der Waals surface area contributed by atoms with E-state index in [9.17, 15) is 22.7 Å². The van der Waals surface area contributed by atoms with Crippen LogP contribution in [-0.4, -0.2) is 31.1 Å². The van der Waals surface area contributed by atoms with Crippen molar-refractivity contribution in [3.63, 3.8) is 0 Å². The summed E-state index contributed by atoms with van der Waals surface area (Å²) in [7, 11) is -3.90. The van der Waals surface area contributed by atoms with E-state index in [-0.39, 0.29) is 32.2 Å². The van der Waals surface area contributed by atoms with Gasteiger partial charge < -0.3 is 10.4 Å². The SMILES string of the molecule is CC1(O)CCC(NS(=O)(=O)c2ccc(Cl)c(C(=O)Nc3ccc(F)c(Cl)c3)c2)CC1. The van der Waals surface area contributed by atoms with Gasteiger partial charge in [-0.05, 0) is 69.0 Å². The number of sulfonamides is 1. The zero-order valence-electron chi connectivity index (χ0n) is 16.1. The number of benzene rings is 2. The fourth-order valence-corrected chi connectivity index (χ4v) is 4.98. The molecule has 2 aromatic rings. The number of hydrogen-bond acceptors (Lipinski definition) is 4. The zero-order valence-corrected chi connectivity index (χ0v) is 18.4. The van der Waals surface area contributed by atoms with E-state index in [0.29, 0.717) is 25.7 Å². The molecule has 0 aliphatic heterocycles. The smallest absolute Gasteiger partial charge is 0.257 e. The number of nitrogens with one attached hydrogen (secondary N) is 2. The van der Waals surface area contributed by atoms with E-state index >= 15 is 0 Å². The average molecular weight is 475 g/mol. The zero-order chi connectivity index (χ0) is 22.1. The lowest BCUT2D eigenvalue weighted by molar-refractivity contribution is 0.0163. The number of carbonyl (C=O) groups excluding carboxylic acids is 1. The number of carbonyl (C=O) groups is 1. The maximum absolute atomic E-state index is 13.3. The first-order chi connectivity index (χ1) is 14.0. The van der Waals surface area contributed by atoms with Gasteiger partial charge in [0, 0.05) is 11.7 Å². The second kappa shape index (κ2) is 8.80. The Labute approximate surface area is 184 Å². The minimum absolute atomic E-state index is 0.0495. The molecule has 1 fully saturated rings. The van der Waals surface area contributed by atoms with Gasteiger partial charge in [0.15, 0.2) is 0 Å². The minimum Gasteiger partial charge on any atom is -0.390 e. The molecule has 3 N–H and O–H groups in total. The van der Waals surface area contributed by atoms with E-state index in [1.165, 1.54) is 30.3 Å². The first-order valence-electron chi connectivity index (χ1n) is 9.27. The molecule has 1 aliphatic carbocycles. The van der Waals surface area contributed by atoms with Crippen molar-refractivity contribution < 1.29 is 22.7 Å². The van der Waals surface area contributed by atoms with Crippen LogP contribution < -0.4 is 10.0 Å². The molecule has 1 aliphatic rings. The van der Waals surface area contributed by atoms with Crippen LogP contribution in [0.5, 0.6) is 0 Å². The molecule has 6 nitrogen and oxygen atoms in total. The molecule has 0 spiro atoms. The Hall–Kier alpha value is -1.71. The predicted molar refractivity (Wildman–Crippen MR) is 114 cm³/mol. The molecular weight excluding hydrogens is 454 g/mol. The Balaban J connectivity index is 1.78. The quantitative estimate of drug-likeness (QED) is 0.599. The highest BCUT2D eigenvalue weighted by atomic mass is 35.5. The highest BCUT2D eigenvalue weighted by Crippen LogP contribution is 2.29. The van der Waals surface area contributed by atoms with Gasteiger partial charge in [-0.1, -0.05) is 23.2 Å². The van der Waals surface area contributed by atoms with Crippen LogP contribution in [0, 0.1) is 5.82 Å². The normalized spacial score (nSPS) is 22.0. The van der Waals surface area contributed by atoms with Crippen LogP contribution in [-0.2, 0) is 10.0 Å². The summed E-state index contributed by atoms with van der Waals surface area (Å²) in [4.78, 5) is 12.5. The highest BCUT2D eigenvalue weighted by molar-refractivity contribution is 7.89. The Morgan fingerprint density at radius 1 is 1.13 bits per heavy atom. The summed E-state index contributed by atoms with van der Waals surface area (Å²) in [6, 6.07) is 7.19. The van der Waals surface area contributed by atoms with Crippen molar-refractivity contribution in [2.24, 2.45) is 0 Å². The summed E-state index contributed by atoms with van der Waals surface area (Å²) in [5.74, 6) is -1.29. The molecule has 0 atom stereocenters. The number of aliphatic hydroxyl groups is 1. The average Bonchev–Trinajstić information content (AvgIpc) is 2.66. The number of hydrogen-bond donors (Lipinski definition) is 3. The molecule has 0 radical (unpaired) electrons. The fourth-order valence-electron chi connectivity index (χ4n) is 3.26. The molecule has 3 rings (SSSR count). The summed E-state index contributed by atoms with van der Waals surface area (Å²) in [6.45, 7) is 1.73. The highest BCUT2D eigenvalue weighted by Gasteiger charge is 2.31. The number of amides is 1. The van der Waals surface area contributed by atoms with E-state index in [0.717, 1.165) is 6.07 Å². The lowest BCUT2D eigenvalue weighted by Gasteiger charge is -2.33. The van der Waals surface area contributed by atoms with Gasteiger partial charge in [-0.25, -0.2) is 17.5 Å². The maximum atomic E-state index is 13.3. The van der Waals surface area contributed by atoms with Gasteiger partial charge >= 0.3 is 0 Å². The van der Waals surface area contributed by atoms with Crippen LogP contribution >= 0.6 is 23.2 Å². The predicted octanol–water partition coefficient (Wildman–Crippen LogP) is 4.36. The van der Waals surface area contributed by atoms with Gasteiger partial charge in [-0.3, -0.25) is 4.79 Å². The Bertz CT molecular complexity index is 1070. The second-order valence-electron chi connectivity index (χ2n) is 7.62. The van der Waals surface area contributed by atoms with Crippen LogP contribution in [0.15, 0.2) is 41.3 Å². The topological polar surface area (TPSA) is 95.5 Å². The van der Waals surface area contributed by atoms with Crippen molar-refractivity contribution >= 4 is 44.8 Å². The van der Waals surface area contributed by atoms with Crippen molar-refractivity contribution in [2.45, 2.75) is 49.1 Å². The van der Waals surface area contributed by atoms with E-state index in [4.69, 9.17) is 23.2 Å². The Morgan fingerprint density at radius 3 is 2.43 bits per heavy atom. The maximum Gasteiger partial charge on any atom is 0.257 e. The van der Waals surface area contributed by atoms with Crippen molar-refractivity contribution in [1.29, 1.82) is 0 Å². The summed E-state index contributed by atoms with van der Waals surface area (Å²) in [5, 5.41) is 12.4. The molecule has 1 saturated carbocycles. The van der Waals surface area contributed by atoms with E-state index < -0.39 is 27.3 Å². The van der Waals surface area contributed by atoms with Crippen molar-refractivity contribution in [3.05, 3.63) is 57.8 Å². The molecule has 0 unspecified atom stereocenters. The Morgan fingerprint density at radius 2 is 1.80 bits per heavy atom. The van der Waals surface area contributed by atoms with Gasteiger partial charge in [0.1, 0.15) is 5.82 Å². The summed E-state index contributed by atoms with van der Waals surface area (Å²) in [5.41, 5.74) is -0.592. The molecule has 0 saturated heterocycles. The van der Waals surface area contributed by atoms with E-state index in [1.54, 1.807) is 6.92 Å². The van der Waals surface area contributed by atoms with Crippen molar-refractivity contribution in [1.82, 2.24) is 4.72 Å². The molecule has 10 heteroatoms. The number of rotatable bonds is 5. The molecule has 0 aromatic heterocycles. The van der Waals surface area contributed by atoms with Gasteiger partial charge in [-0.15, -0.1) is 0 Å². The third-order valence-corrected chi connectivity index (χ3v) is 7.19. The van der Waals surface area contributed by atoms with Crippen LogP contribution in [0.2, 0.25) is 10.0 Å². The molecule has 0 bridgehead atoms. The molecule has 0 heterocycles. The van der Waals surface area contributed by atoms with Crippen LogP contribution in [0.4, 0.5) is 10.1 Å². The van der Waals surface area contributed by atoms with Gasteiger partial charge in [0.25, 0.3) is 5.91 Å². The lowest BCUT2D eigenvalue weighted by Crippen LogP contribution is -2.42. The molecule has 1 amide bonds. The Kier molecular flexibility index (Phi) is 6.74. The third kappa shape index (κ3) is 5.50.